The minimum Gasteiger partial charge on any atom is -0.355 e. The second kappa shape index (κ2) is 8.96. The molecule has 2 heterocycles. The molecule has 0 spiro atoms. The molecule has 1 saturated heterocycles. The lowest BCUT2D eigenvalue weighted by molar-refractivity contribution is 0.387. The van der Waals surface area contributed by atoms with Gasteiger partial charge in [0.25, 0.3) is 0 Å². The van der Waals surface area contributed by atoms with E-state index >= 15 is 0 Å². The summed E-state index contributed by atoms with van der Waals surface area (Å²) in [6.45, 7) is 5.73. The minimum atomic E-state index is -3.18. The van der Waals surface area contributed by atoms with Crippen molar-refractivity contribution in [2.45, 2.75) is 39.3 Å². The van der Waals surface area contributed by atoms with Gasteiger partial charge in [0, 0.05) is 38.4 Å². The number of para-hydroxylation sites is 1. The van der Waals surface area contributed by atoms with E-state index in [1.165, 1.54) is 6.26 Å². The molecule has 2 aromatic rings. The number of hydrogen-bond donors (Lipinski definition) is 2. The number of benzene rings is 1. The van der Waals surface area contributed by atoms with Crippen LogP contribution in [0.25, 0.3) is 5.69 Å². The highest BCUT2D eigenvalue weighted by atomic mass is 32.2. The molecule has 158 valence electrons. The Morgan fingerprint density at radius 1 is 1.28 bits per heavy atom. The van der Waals surface area contributed by atoms with Crippen molar-refractivity contribution in [3.63, 3.8) is 0 Å². The third-order valence-electron chi connectivity index (χ3n) is 5.15. The first-order valence-corrected chi connectivity index (χ1v) is 11.7. The second-order valence-corrected chi connectivity index (χ2v) is 9.38. The van der Waals surface area contributed by atoms with Crippen LogP contribution in [0, 0.1) is 13.8 Å². The lowest BCUT2D eigenvalue weighted by atomic mass is 10.1. The number of hydrogen-bond acceptors (Lipinski definition) is 4. The first kappa shape index (κ1) is 21.3. The van der Waals surface area contributed by atoms with Crippen LogP contribution in [-0.2, 0) is 16.6 Å². The summed E-state index contributed by atoms with van der Waals surface area (Å²) in [5, 5.41) is 11.2. The molecule has 0 amide bonds. The molecule has 1 aliphatic rings. The third-order valence-corrected chi connectivity index (χ3v) is 6.49. The van der Waals surface area contributed by atoms with E-state index in [4.69, 9.17) is 0 Å². The van der Waals surface area contributed by atoms with Gasteiger partial charge in [-0.05, 0) is 44.4 Å². The summed E-state index contributed by atoms with van der Waals surface area (Å²) in [4.78, 5) is 4.28. The van der Waals surface area contributed by atoms with Gasteiger partial charge in [0.15, 0.2) is 5.96 Å². The average Bonchev–Trinajstić information content (AvgIpc) is 3.28. The Morgan fingerprint density at radius 2 is 2.03 bits per heavy atom. The molecule has 0 saturated carbocycles. The summed E-state index contributed by atoms with van der Waals surface area (Å²) in [5.74, 6) is 0.647. The molecule has 0 radical (unpaired) electrons. The van der Waals surface area contributed by atoms with Crippen LogP contribution in [-0.4, -0.2) is 60.9 Å². The van der Waals surface area contributed by atoms with Crippen LogP contribution in [0.1, 0.15) is 29.8 Å². The zero-order chi connectivity index (χ0) is 21.0. The lowest BCUT2D eigenvalue weighted by Crippen LogP contribution is -2.46. The van der Waals surface area contributed by atoms with Crippen LogP contribution in [0.2, 0.25) is 0 Å². The molecule has 1 aromatic heterocycles. The van der Waals surface area contributed by atoms with E-state index in [2.05, 4.69) is 38.9 Å². The largest absolute Gasteiger partial charge is 0.355 e. The van der Waals surface area contributed by atoms with Crippen molar-refractivity contribution in [1.29, 1.82) is 0 Å². The number of aromatic nitrogens is 2. The van der Waals surface area contributed by atoms with Gasteiger partial charge < -0.3 is 10.6 Å². The van der Waals surface area contributed by atoms with Crippen LogP contribution in [0.3, 0.4) is 0 Å². The SMILES string of the molecule is CN=C(NCc1ccccc1-n1nc(C)cc1C)NC[C@H]1CCCN1S(C)(=O)=O. The molecule has 9 heteroatoms. The molecule has 2 N–H and O–H groups in total. The van der Waals surface area contributed by atoms with E-state index in [-0.39, 0.29) is 6.04 Å². The third kappa shape index (κ3) is 5.16. The quantitative estimate of drug-likeness (QED) is 0.549. The lowest BCUT2D eigenvalue weighted by Gasteiger charge is -2.23. The fourth-order valence-electron chi connectivity index (χ4n) is 3.80. The van der Waals surface area contributed by atoms with Crippen LogP contribution in [0.5, 0.6) is 0 Å². The smallest absolute Gasteiger partial charge is 0.211 e. The molecule has 0 aliphatic carbocycles. The minimum absolute atomic E-state index is 0.0365. The van der Waals surface area contributed by atoms with Gasteiger partial charge in [-0.1, -0.05) is 18.2 Å². The molecular formula is C20H30N6O2S. The number of nitrogens with zero attached hydrogens (tertiary/aromatic N) is 4. The predicted octanol–water partition coefficient (Wildman–Crippen LogP) is 1.58. The maximum atomic E-state index is 11.9. The first-order valence-electron chi connectivity index (χ1n) is 9.82. The zero-order valence-electron chi connectivity index (χ0n) is 17.5. The average molecular weight is 419 g/mol. The fourth-order valence-corrected chi connectivity index (χ4v) is 4.99. The Morgan fingerprint density at radius 3 is 2.69 bits per heavy atom. The molecule has 29 heavy (non-hydrogen) atoms. The van der Waals surface area contributed by atoms with E-state index < -0.39 is 10.0 Å². The van der Waals surface area contributed by atoms with Gasteiger partial charge in [0.05, 0.1) is 17.6 Å². The maximum Gasteiger partial charge on any atom is 0.211 e. The predicted molar refractivity (Wildman–Crippen MR) is 116 cm³/mol. The van der Waals surface area contributed by atoms with Gasteiger partial charge >= 0.3 is 0 Å². The Kier molecular flexibility index (Phi) is 6.59. The molecule has 8 nitrogen and oxygen atoms in total. The topological polar surface area (TPSA) is 91.6 Å². The molecule has 1 aliphatic heterocycles. The van der Waals surface area contributed by atoms with Gasteiger partial charge in [-0.3, -0.25) is 4.99 Å². The highest BCUT2D eigenvalue weighted by Gasteiger charge is 2.31. The highest BCUT2D eigenvalue weighted by molar-refractivity contribution is 7.88. The number of aryl methyl sites for hydroxylation is 2. The number of sulfonamides is 1. The molecule has 1 atom stereocenters. The van der Waals surface area contributed by atoms with E-state index in [0.29, 0.717) is 25.6 Å². The number of guanidine groups is 1. The van der Waals surface area contributed by atoms with E-state index in [0.717, 1.165) is 35.5 Å². The first-order chi connectivity index (χ1) is 13.8. The van der Waals surface area contributed by atoms with Crippen molar-refractivity contribution in [2.24, 2.45) is 4.99 Å². The Bertz CT molecular complexity index is 983. The van der Waals surface area contributed by atoms with Crippen LogP contribution in [0.4, 0.5) is 0 Å². The summed E-state index contributed by atoms with van der Waals surface area (Å²) in [5.41, 5.74) is 4.19. The molecule has 3 rings (SSSR count). The van der Waals surface area contributed by atoms with Crippen molar-refractivity contribution < 1.29 is 8.42 Å². The molecular weight excluding hydrogens is 388 g/mol. The van der Waals surface area contributed by atoms with Crippen LogP contribution >= 0.6 is 0 Å². The summed E-state index contributed by atoms with van der Waals surface area (Å²) in [6.07, 6.45) is 3.02. The number of rotatable bonds is 6. The fraction of sp³-hybridized carbons (Fsp3) is 0.500. The Hall–Kier alpha value is -2.39. The monoisotopic (exact) mass is 418 g/mol. The summed E-state index contributed by atoms with van der Waals surface area (Å²) in [6, 6.07) is 10.1. The van der Waals surface area contributed by atoms with Crippen molar-refractivity contribution in [3.05, 3.63) is 47.3 Å². The van der Waals surface area contributed by atoms with Gasteiger partial charge in [-0.15, -0.1) is 0 Å². The maximum absolute atomic E-state index is 11.9. The highest BCUT2D eigenvalue weighted by Crippen LogP contribution is 2.20. The standard InChI is InChI=1S/C20H30N6O2S/c1-15-12-16(2)26(24-15)19-10-6-5-8-17(19)13-22-20(21-3)23-14-18-9-7-11-25(18)29(4,27)28/h5-6,8,10,12,18H,7,9,11,13-14H2,1-4H3,(H2,21,22,23)/t18-/m1/s1. The molecule has 0 bridgehead atoms. The van der Waals surface area contributed by atoms with Gasteiger partial charge in [-0.2, -0.15) is 9.40 Å². The Labute approximate surface area is 173 Å². The van der Waals surface area contributed by atoms with Gasteiger partial charge in [0.1, 0.15) is 0 Å². The van der Waals surface area contributed by atoms with E-state index in [1.807, 2.05) is 30.7 Å². The van der Waals surface area contributed by atoms with E-state index in [1.54, 1.807) is 11.4 Å². The second-order valence-electron chi connectivity index (χ2n) is 7.44. The van der Waals surface area contributed by atoms with Crippen molar-refractivity contribution in [1.82, 2.24) is 24.7 Å². The Balaban J connectivity index is 1.64. The summed E-state index contributed by atoms with van der Waals surface area (Å²) >= 11 is 0. The molecule has 0 unspecified atom stereocenters. The molecule has 1 fully saturated rings. The summed E-state index contributed by atoms with van der Waals surface area (Å²) in [7, 11) is -1.46. The molecule has 1 aromatic carbocycles. The van der Waals surface area contributed by atoms with Crippen molar-refractivity contribution in [3.8, 4) is 5.69 Å². The van der Waals surface area contributed by atoms with Crippen molar-refractivity contribution in [2.75, 3.05) is 26.4 Å². The van der Waals surface area contributed by atoms with Gasteiger partial charge in [-0.25, -0.2) is 13.1 Å². The zero-order valence-corrected chi connectivity index (χ0v) is 18.3. The normalized spacial score (nSPS) is 18.2. The van der Waals surface area contributed by atoms with Crippen LogP contribution in [0.15, 0.2) is 35.3 Å². The van der Waals surface area contributed by atoms with Crippen molar-refractivity contribution >= 4 is 16.0 Å². The van der Waals surface area contributed by atoms with E-state index in [9.17, 15) is 8.42 Å². The van der Waals surface area contributed by atoms with Gasteiger partial charge in [0.2, 0.25) is 10.0 Å². The summed E-state index contributed by atoms with van der Waals surface area (Å²) < 4.78 is 27.4. The number of aliphatic imine (C=N–C) groups is 1. The number of nitrogens with one attached hydrogen (secondary N) is 2. The van der Waals surface area contributed by atoms with Crippen LogP contribution < -0.4 is 10.6 Å².